The topological polar surface area (TPSA) is 23.8 Å². The van der Waals surface area contributed by atoms with Gasteiger partial charge in [-0.3, -0.25) is 0 Å². The Balaban J connectivity index is 3.39. The Kier molecular flexibility index (Phi) is 6.53. The summed E-state index contributed by atoms with van der Waals surface area (Å²) in [5.41, 5.74) is 5.58. The molecule has 0 atom stereocenters. The Hall–Kier alpha value is -2.07. The fourth-order valence-electron chi connectivity index (χ4n) is 1.96. The summed E-state index contributed by atoms with van der Waals surface area (Å²) < 4.78 is 0. The normalized spacial score (nSPS) is 11.4. The van der Waals surface area contributed by atoms with Crippen molar-refractivity contribution in [1.82, 2.24) is 0 Å². The summed E-state index contributed by atoms with van der Waals surface area (Å²) in [7, 11) is 0. The van der Waals surface area contributed by atoms with Crippen LogP contribution in [0.25, 0.3) is 5.57 Å². The number of rotatable bonds is 5. The molecule has 104 valence electrons. The minimum absolute atomic E-state index is 0.713. The van der Waals surface area contributed by atoms with E-state index >= 15 is 0 Å². The van der Waals surface area contributed by atoms with Crippen LogP contribution in [0, 0.1) is 11.3 Å². The number of aryl methyl sites for hydroxylation is 1. The minimum Gasteiger partial charge on any atom is -0.192 e. The average Bonchev–Trinajstić information content (AvgIpc) is 2.46. The molecule has 0 aliphatic heterocycles. The van der Waals surface area contributed by atoms with E-state index in [0.717, 1.165) is 18.4 Å². The Morgan fingerprint density at radius 3 is 2.50 bits per heavy atom. The third-order valence-electron chi connectivity index (χ3n) is 3.06. The van der Waals surface area contributed by atoms with Crippen molar-refractivity contribution in [2.75, 3.05) is 0 Å². The van der Waals surface area contributed by atoms with Crippen molar-refractivity contribution in [2.24, 2.45) is 0 Å². The lowest BCUT2D eigenvalue weighted by Gasteiger charge is -2.09. The molecule has 0 aliphatic carbocycles. The molecule has 1 aromatic rings. The highest BCUT2D eigenvalue weighted by Crippen LogP contribution is 2.23. The van der Waals surface area contributed by atoms with E-state index in [4.69, 9.17) is 5.26 Å². The molecule has 0 heterocycles. The van der Waals surface area contributed by atoms with E-state index in [1.807, 2.05) is 12.1 Å². The van der Waals surface area contributed by atoms with Crippen LogP contribution < -0.4 is 0 Å². The molecule has 0 bridgehead atoms. The van der Waals surface area contributed by atoms with E-state index in [2.05, 4.69) is 64.1 Å². The monoisotopic (exact) mass is 265 g/mol. The van der Waals surface area contributed by atoms with E-state index in [9.17, 15) is 0 Å². The van der Waals surface area contributed by atoms with Gasteiger partial charge in [-0.2, -0.15) is 5.26 Å². The van der Waals surface area contributed by atoms with Crippen molar-refractivity contribution in [3.05, 3.63) is 64.8 Å². The van der Waals surface area contributed by atoms with Crippen LogP contribution in [0.3, 0.4) is 0 Å². The first-order valence-electron chi connectivity index (χ1n) is 7.17. The van der Waals surface area contributed by atoms with Gasteiger partial charge >= 0.3 is 0 Å². The molecular formula is C19H23N. The fourth-order valence-corrected chi connectivity index (χ4v) is 1.96. The zero-order valence-corrected chi connectivity index (χ0v) is 12.9. The lowest BCUT2D eigenvalue weighted by molar-refractivity contribution is 1.13. The average molecular weight is 265 g/mol. The Morgan fingerprint density at radius 1 is 1.20 bits per heavy atom. The highest BCUT2D eigenvalue weighted by molar-refractivity contribution is 5.78. The van der Waals surface area contributed by atoms with Gasteiger partial charge in [0.1, 0.15) is 0 Å². The first-order valence-corrected chi connectivity index (χ1v) is 7.17. The lowest BCUT2D eigenvalue weighted by Crippen LogP contribution is -1.92. The van der Waals surface area contributed by atoms with Crippen LogP contribution in [0.2, 0.25) is 0 Å². The van der Waals surface area contributed by atoms with Crippen LogP contribution in [0.15, 0.2) is 48.1 Å². The maximum absolute atomic E-state index is 9.10. The van der Waals surface area contributed by atoms with Crippen molar-refractivity contribution in [2.45, 2.75) is 40.5 Å². The van der Waals surface area contributed by atoms with E-state index in [1.165, 1.54) is 16.7 Å². The number of hydrogen-bond acceptors (Lipinski definition) is 1. The maximum Gasteiger partial charge on any atom is 0.0991 e. The molecule has 0 aliphatic rings. The van der Waals surface area contributed by atoms with Crippen molar-refractivity contribution >= 4 is 5.57 Å². The number of allylic oxidation sites excluding steroid dienone is 6. The Morgan fingerprint density at radius 2 is 1.95 bits per heavy atom. The zero-order chi connectivity index (χ0) is 15.0. The van der Waals surface area contributed by atoms with Crippen molar-refractivity contribution in [1.29, 1.82) is 5.26 Å². The van der Waals surface area contributed by atoms with Gasteiger partial charge in [0.25, 0.3) is 0 Å². The lowest BCUT2D eigenvalue weighted by atomic mass is 9.95. The van der Waals surface area contributed by atoms with Gasteiger partial charge in [-0.15, -0.1) is 0 Å². The van der Waals surface area contributed by atoms with E-state index in [1.54, 1.807) is 0 Å². The first kappa shape index (κ1) is 16.0. The van der Waals surface area contributed by atoms with E-state index in [0.29, 0.717) is 5.56 Å². The quantitative estimate of drug-likeness (QED) is 0.651. The van der Waals surface area contributed by atoms with Crippen LogP contribution in [0.4, 0.5) is 0 Å². The molecular weight excluding hydrogens is 242 g/mol. The van der Waals surface area contributed by atoms with Crippen LogP contribution in [-0.2, 0) is 6.42 Å². The summed E-state index contributed by atoms with van der Waals surface area (Å²) >= 11 is 0. The summed E-state index contributed by atoms with van der Waals surface area (Å²) in [5.74, 6) is 0. The molecule has 0 saturated heterocycles. The Labute approximate surface area is 122 Å². The molecule has 20 heavy (non-hydrogen) atoms. The Bertz CT molecular complexity index is 576. The molecule has 0 N–H and O–H groups in total. The van der Waals surface area contributed by atoms with Gasteiger partial charge in [0, 0.05) is 0 Å². The first-order chi connectivity index (χ1) is 9.62. The third kappa shape index (κ3) is 4.55. The predicted molar refractivity (Wildman–Crippen MR) is 87.4 cm³/mol. The van der Waals surface area contributed by atoms with Gasteiger partial charge in [0.15, 0.2) is 0 Å². The smallest absolute Gasteiger partial charge is 0.0991 e. The highest BCUT2D eigenvalue weighted by atomic mass is 14.2. The molecule has 0 saturated carbocycles. The second kappa shape index (κ2) is 8.17. The number of benzene rings is 1. The number of nitriles is 1. The largest absolute Gasteiger partial charge is 0.192 e. The molecule has 0 fully saturated rings. The standard InChI is InChI=1S/C19H23N/c1-5-7-8-18(11-9-15(3)4)19-13-16(14-20)10-12-17(19)6-2/h7-13H,5-6H2,1-4H3/b8-7-,18-11+. The highest BCUT2D eigenvalue weighted by Gasteiger charge is 2.05. The van der Waals surface area contributed by atoms with Gasteiger partial charge in [-0.1, -0.05) is 49.8 Å². The van der Waals surface area contributed by atoms with Crippen molar-refractivity contribution in [3.63, 3.8) is 0 Å². The van der Waals surface area contributed by atoms with Crippen molar-refractivity contribution < 1.29 is 0 Å². The second-order valence-electron chi connectivity index (χ2n) is 5.01. The molecule has 0 aromatic heterocycles. The van der Waals surface area contributed by atoms with E-state index in [-0.39, 0.29) is 0 Å². The summed E-state index contributed by atoms with van der Waals surface area (Å²) in [6.07, 6.45) is 10.5. The summed E-state index contributed by atoms with van der Waals surface area (Å²) in [4.78, 5) is 0. The van der Waals surface area contributed by atoms with Crippen LogP contribution in [-0.4, -0.2) is 0 Å². The third-order valence-corrected chi connectivity index (χ3v) is 3.06. The molecule has 0 radical (unpaired) electrons. The summed E-state index contributed by atoms with van der Waals surface area (Å²) in [5, 5.41) is 9.10. The summed E-state index contributed by atoms with van der Waals surface area (Å²) in [6, 6.07) is 8.17. The zero-order valence-electron chi connectivity index (χ0n) is 12.9. The number of hydrogen-bond donors (Lipinski definition) is 0. The predicted octanol–water partition coefficient (Wildman–Crippen LogP) is 5.44. The second-order valence-corrected chi connectivity index (χ2v) is 5.01. The molecule has 1 aromatic carbocycles. The van der Waals surface area contributed by atoms with Gasteiger partial charge in [-0.25, -0.2) is 0 Å². The molecule has 0 spiro atoms. The summed E-state index contributed by atoms with van der Waals surface area (Å²) in [6.45, 7) is 8.45. The van der Waals surface area contributed by atoms with Gasteiger partial charge in [-0.05, 0) is 55.5 Å². The SMILES string of the molecule is CC/C=C\C(=C/C=C(C)C)c1cc(C#N)ccc1CC. The van der Waals surface area contributed by atoms with Crippen molar-refractivity contribution in [3.8, 4) is 6.07 Å². The molecule has 1 nitrogen and oxygen atoms in total. The number of nitrogens with zero attached hydrogens (tertiary/aromatic N) is 1. The molecule has 1 heteroatoms. The van der Waals surface area contributed by atoms with Gasteiger partial charge in [0.05, 0.1) is 11.6 Å². The van der Waals surface area contributed by atoms with Crippen LogP contribution in [0.1, 0.15) is 50.8 Å². The minimum atomic E-state index is 0.713. The maximum atomic E-state index is 9.10. The van der Waals surface area contributed by atoms with Crippen LogP contribution >= 0.6 is 0 Å². The molecule has 1 rings (SSSR count). The van der Waals surface area contributed by atoms with Gasteiger partial charge < -0.3 is 0 Å². The van der Waals surface area contributed by atoms with Crippen LogP contribution in [0.5, 0.6) is 0 Å². The molecule has 0 amide bonds. The fraction of sp³-hybridized carbons (Fsp3) is 0.316. The van der Waals surface area contributed by atoms with Gasteiger partial charge in [0.2, 0.25) is 0 Å². The van der Waals surface area contributed by atoms with E-state index < -0.39 is 0 Å². The molecule has 0 unspecified atom stereocenters.